The zero-order valence-electron chi connectivity index (χ0n) is 32.2. The molecule has 1 aliphatic rings. The molecule has 9 aromatic carbocycles. The first-order valence-electron chi connectivity index (χ1n) is 19.8. The molecule has 10 rings (SSSR count). The second kappa shape index (κ2) is 14.2. The highest BCUT2D eigenvalue weighted by molar-refractivity contribution is 5.99. The number of benzene rings is 9. The van der Waals surface area contributed by atoms with E-state index < -0.39 is 0 Å². The van der Waals surface area contributed by atoms with Crippen LogP contribution >= 0.6 is 0 Å². The number of rotatable bonds is 8. The summed E-state index contributed by atoms with van der Waals surface area (Å²) in [6.45, 7) is 4.70. The molecule has 0 spiro atoms. The van der Waals surface area contributed by atoms with E-state index in [4.69, 9.17) is 0 Å². The predicted molar refractivity (Wildman–Crippen MR) is 242 cm³/mol. The van der Waals surface area contributed by atoms with Crippen molar-refractivity contribution in [1.29, 1.82) is 0 Å². The number of hydrogen-bond donors (Lipinski definition) is 0. The molecule has 0 saturated heterocycles. The van der Waals surface area contributed by atoms with E-state index in [1.54, 1.807) is 0 Å². The average molecular weight is 731 g/mol. The van der Waals surface area contributed by atoms with Crippen molar-refractivity contribution in [3.8, 4) is 33.4 Å². The lowest BCUT2D eigenvalue weighted by Gasteiger charge is -2.28. The number of fused-ring (bicyclic) bond motifs is 4. The van der Waals surface area contributed by atoms with E-state index in [1.165, 1.54) is 55.3 Å². The largest absolute Gasteiger partial charge is 0.310 e. The zero-order chi connectivity index (χ0) is 38.3. The maximum Gasteiger partial charge on any atom is 0.0540 e. The summed E-state index contributed by atoms with van der Waals surface area (Å²) in [6, 6.07) is 79.2. The predicted octanol–water partition coefficient (Wildman–Crippen LogP) is 15.4. The van der Waals surface area contributed by atoms with E-state index in [9.17, 15) is 0 Å². The summed E-state index contributed by atoms with van der Waals surface area (Å²) in [4.78, 5) is 4.75. The number of nitrogens with zero attached hydrogens (tertiary/aromatic N) is 2. The highest BCUT2D eigenvalue weighted by Crippen LogP contribution is 2.51. The molecule has 0 unspecified atom stereocenters. The molecule has 0 amide bonds. The van der Waals surface area contributed by atoms with Crippen LogP contribution in [0.4, 0.5) is 34.1 Å². The van der Waals surface area contributed by atoms with E-state index in [0.29, 0.717) is 0 Å². The van der Waals surface area contributed by atoms with Gasteiger partial charge in [0.1, 0.15) is 0 Å². The van der Waals surface area contributed by atoms with Crippen molar-refractivity contribution < 1.29 is 0 Å². The molecule has 1 aliphatic carbocycles. The molecule has 57 heavy (non-hydrogen) atoms. The second-order valence-electron chi connectivity index (χ2n) is 15.4. The molecular formula is C55H42N2. The Hall–Kier alpha value is -7.16. The number of para-hydroxylation sites is 1. The quantitative estimate of drug-likeness (QED) is 0.154. The first-order valence-corrected chi connectivity index (χ1v) is 19.8. The first kappa shape index (κ1) is 34.3. The topological polar surface area (TPSA) is 6.48 Å². The van der Waals surface area contributed by atoms with E-state index in [-0.39, 0.29) is 5.41 Å². The van der Waals surface area contributed by atoms with Crippen molar-refractivity contribution >= 4 is 44.9 Å². The lowest BCUT2D eigenvalue weighted by molar-refractivity contribution is 0.660. The molecular weight excluding hydrogens is 689 g/mol. The normalized spacial score (nSPS) is 12.5. The van der Waals surface area contributed by atoms with Gasteiger partial charge < -0.3 is 9.80 Å². The van der Waals surface area contributed by atoms with E-state index in [2.05, 4.69) is 242 Å². The summed E-state index contributed by atoms with van der Waals surface area (Å²) >= 11 is 0. The maximum atomic E-state index is 2.40. The van der Waals surface area contributed by atoms with Gasteiger partial charge in [0, 0.05) is 39.2 Å². The molecule has 0 atom stereocenters. The number of anilines is 6. The molecule has 9 aromatic rings. The molecule has 0 aliphatic heterocycles. The molecule has 272 valence electrons. The Morgan fingerprint density at radius 2 is 0.772 bits per heavy atom. The van der Waals surface area contributed by atoms with Crippen molar-refractivity contribution in [3.05, 3.63) is 230 Å². The van der Waals surface area contributed by atoms with Crippen LogP contribution in [0.2, 0.25) is 0 Å². The fraction of sp³-hybridized carbons (Fsp3) is 0.0545. The summed E-state index contributed by atoms with van der Waals surface area (Å²) in [7, 11) is 0. The van der Waals surface area contributed by atoms with Crippen molar-refractivity contribution in [2.75, 3.05) is 9.80 Å². The molecule has 2 heteroatoms. The highest BCUT2D eigenvalue weighted by Gasteiger charge is 2.35. The standard InChI is InChI=1S/C55H42N2/c1-55(2)52-22-12-11-21-50(52)51-37-36-48(38-53(51)55)56(45-30-24-40(25-31-45)39-14-5-3-6-15-39)46-32-26-41(27-33-46)42-28-34-47(35-29-42)57(44-18-7-4-8-19-44)54-23-13-17-43-16-9-10-20-49(43)54/h3-38H,1-2H3. The molecule has 0 aromatic heterocycles. The maximum absolute atomic E-state index is 2.40. The van der Waals surface area contributed by atoms with Gasteiger partial charge in [-0.2, -0.15) is 0 Å². The van der Waals surface area contributed by atoms with E-state index in [0.717, 1.165) is 34.1 Å². The van der Waals surface area contributed by atoms with Crippen molar-refractivity contribution in [1.82, 2.24) is 0 Å². The molecule has 0 radical (unpaired) electrons. The van der Waals surface area contributed by atoms with Crippen LogP contribution in [-0.2, 0) is 5.41 Å². The van der Waals surface area contributed by atoms with Crippen LogP contribution in [-0.4, -0.2) is 0 Å². The summed E-state index contributed by atoms with van der Waals surface area (Å²) in [5.41, 5.74) is 16.9. The van der Waals surface area contributed by atoms with Gasteiger partial charge in [-0.3, -0.25) is 0 Å². The van der Waals surface area contributed by atoms with Gasteiger partial charge in [-0.15, -0.1) is 0 Å². The monoisotopic (exact) mass is 730 g/mol. The van der Waals surface area contributed by atoms with Crippen molar-refractivity contribution in [2.45, 2.75) is 19.3 Å². The lowest BCUT2D eigenvalue weighted by atomic mass is 9.82. The third-order valence-corrected chi connectivity index (χ3v) is 11.7. The molecule has 0 heterocycles. The third-order valence-electron chi connectivity index (χ3n) is 11.7. The summed E-state index contributed by atoms with van der Waals surface area (Å²) < 4.78 is 0. The second-order valence-corrected chi connectivity index (χ2v) is 15.4. The van der Waals surface area contributed by atoms with Crippen molar-refractivity contribution in [2.24, 2.45) is 0 Å². The Labute approximate surface area is 335 Å². The van der Waals surface area contributed by atoms with Crippen LogP contribution in [0, 0.1) is 0 Å². The minimum atomic E-state index is -0.0928. The van der Waals surface area contributed by atoms with Gasteiger partial charge in [0.25, 0.3) is 0 Å². The Balaban J connectivity index is 1.01. The molecule has 0 saturated carbocycles. The Bertz CT molecular complexity index is 2830. The van der Waals surface area contributed by atoms with Crippen LogP contribution < -0.4 is 9.80 Å². The van der Waals surface area contributed by atoms with E-state index >= 15 is 0 Å². The van der Waals surface area contributed by atoms with Gasteiger partial charge in [-0.1, -0.05) is 166 Å². The number of hydrogen-bond acceptors (Lipinski definition) is 2. The van der Waals surface area contributed by atoms with E-state index in [1.807, 2.05) is 0 Å². The van der Waals surface area contributed by atoms with Gasteiger partial charge >= 0.3 is 0 Å². The fourth-order valence-corrected chi connectivity index (χ4v) is 8.73. The van der Waals surface area contributed by atoms with Crippen LogP contribution in [0.15, 0.2) is 218 Å². The van der Waals surface area contributed by atoms with Crippen LogP contribution in [0.3, 0.4) is 0 Å². The average Bonchev–Trinajstić information content (AvgIpc) is 3.50. The Morgan fingerprint density at radius 3 is 1.42 bits per heavy atom. The Kier molecular flexibility index (Phi) is 8.53. The van der Waals surface area contributed by atoms with Gasteiger partial charge in [-0.25, -0.2) is 0 Å². The first-order chi connectivity index (χ1) is 28.0. The van der Waals surface area contributed by atoms with Gasteiger partial charge in [0.05, 0.1) is 5.69 Å². The van der Waals surface area contributed by atoms with Gasteiger partial charge in [-0.05, 0) is 117 Å². The minimum Gasteiger partial charge on any atom is -0.310 e. The Morgan fingerprint density at radius 1 is 0.316 bits per heavy atom. The highest BCUT2D eigenvalue weighted by atomic mass is 15.1. The van der Waals surface area contributed by atoms with Crippen LogP contribution in [0.1, 0.15) is 25.0 Å². The molecule has 2 nitrogen and oxygen atoms in total. The smallest absolute Gasteiger partial charge is 0.0540 e. The minimum absolute atomic E-state index is 0.0928. The van der Waals surface area contributed by atoms with Crippen LogP contribution in [0.5, 0.6) is 0 Å². The van der Waals surface area contributed by atoms with Crippen LogP contribution in [0.25, 0.3) is 44.2 Å². The summed E-state index contributed by atoms with van der Waals surface area (Å²) in [6.07, 6.45) is 0. The van der Waals surface area contributed by atoms with Crippen molar-refractivity contribution in [3.63, 3.8) is 0 Å². The summed E-state index contributed by atoms with van der Waals surface area (Å²) in [5.74, 6) is 0. The SMILES string of the molecule is CC1(C)c2ccccc2-c2ccc(N(c3ccc(-c4ccccc4)cc3)c3ccc(-c4ccc(N(c5ccccc5)c5cccc6ccccc56)cc4)cc3)cc21. The molecule has 0 bridgehead atoms. The van der Waals surface area contributed by atoms with Gasteiger partial charge in [0.15, 0.2) is 0 Å². The third kappa shape index (κ3) is 6.16. The zero-order valence-corrected chi connectivity index (χ0v) is 32.2. The molecule has 0 N–H and O–H groups in total. The van der Waals surface area contributed by atoms with Gasteiger partial charge in [0.2, 0.25) is 0 Å². The lowest BCUT2D eigenvalue weighted by Crippen LogP contribution is -2.16. The fourth-order valence-electron chi connectivity index (χ4n) is 8.73. The molecule has 0 fully saturated rings. The summed E-state index contributed by atoms with van der Waals surface area (Å²) in [5, 5.41) is 2.45.